The number of anilines is 1. The first-order chi connectivity index (χ1) is 7.48. The minimum atomic E-state index is -0.285. The molecule has 0 saturated carbocycles. The van der Waals surface area contributed by atoms with Crippen molar-refractivity contribution in [1.29, 1.82) is 0 Å². The van der Waals surface area contributed by atoms with E-state index in [-0.39, 0.29) is 11.4 Å². The molecule has 0 atom stereocenters. The van der Waals surface area contributed by atoms with Crippen molar-refractivity contribution in [3.05, 3.63) is 24.0 Å². The Bertz CT molecular complexity index is 353. The van der Waals surface area contributed by atoms with E-state index in [0.717, 1.165) is 6.42 Å². The normalized spacial score (nSPS) is 11.3. The average Bonchev–Trinajstić information content (AvgIpc) is 2.17. The summed E-state index contributed by atoms with van der Waals surface area (Å²) in [5, 5.41) is 3.23. The third-order valence-electron chi connectivity index (χ3n) is 2.40. The van der Waals surface area contributed by atoms with Crippen LogP contribution in [0.1, 0.15) is 20.3 Å². The quantitative estimate of drug-likeness (QED) is 0.810. The van der Waals surface area contributed by atoms with Crippen LogP contribution in [0.2, 0.25) is 0 Å². The molecule has 0 bridgehead atoms. The summed E-state index contributed by atoms with van der Waals surface area (Å²) in [5.74, 6) is 0.346. The summed E-state index contributed by atoms with van der Waals surface area (Å²) in [6.07, 6.45) is 0.798. The summed E-state index contributed by atoms with van der Waals surface area (Å²) in [4.78, 5) is 0. The monoisotopic (exact) mass is 226 g/mol. The molecule has 1 aromatic rings. The zero-order chi connectivity index (χ0) is 12.2. The summed E-state index contributed by atoms with van der Waals surface area (Å²) >= 11 is 0. The maximum atomic E-state index is 13.1. The Morgan fingerprint density at radius 2 is 2.12 bits per heavy atom. The number of rotatable bonds is 5. The van der Waals surface area contributed by atoms with Crippen molar-refractivity contribution in [3.63, 3.8) is 0 Å². The molecule has 0 heterocycles. The van der Waals surface area contributed by atoms with E-state index in [1.54, 1.807) is 13.2 Å². The molecular formula is C12H19FN2O. The zero-order valence-corrected chi connectivity index (χ0v) is 10.0. The molecule has 0 aromatic heterocycles. The molecule has 4 heteroatoms. The van der Waals surface area contributed by atoms with Crippen LogP contribution in [0.4, 0.5) is 10.1 Å². The number of nitrogens with one attached hydrogen (secondary N) is 1. The van der Waals surface area contributed by atoms with Crippen LogP contribution < -0.4 is 15.8 Å². The number of halogens is 1. The van der Waals surface area contributed by atoms with E-state index in [1.807, 2.05) is 13.8 Å². The number of hydrogen-bond donors (Lipinski definition) is 2. The molecule has 0 aliphatic carbocycles. The van der Waals surface area contributed by atoms with Crippen molar-refractivity contribution in [2.75, 3.05) is 19.0 Å². The molecule has 0 unspecified atom stereocenters. The third kappa shape index (κ3) is 3.38. The van der Waals surface area contributed by atoms with E-state index in [0.29, 0.717) is 18.0 Å². The largest absolute Gasteiger partial charge is 0.495 e. The molecule has 1 rings (SSSR count). The van der Waals surface area contributed by atoms with Crippen LogP contribution in [0, 0.1) is 5.82 Å². The lowest BCUT2D eigenvalue weighted by molar-refractivity contribution is 0.412. The van der Waals surface area contributed by atoms with Gasteiger partial charge in [0.05, 0.1) is 12.8 Å². The molecule has 0 fully saturated rings. The van der Waals surface area contributed by atoms with Gasteiger partial charge in [0, 0.05) is 11.6 Å². The van der Waals surface area contributed by atoms with Gasteiger partial charge < -0.3 is 15.8 Å². The van der Waals surface area contributed by atoms with Crippen molar-refractivity contribution in [2.24, 2.45) is 5.73 Å². The molecule has 3 nitrogen and oxygen atoms in total. The summed E-state index contributed by atoms with van der Waals surface area (Å²) in [6.45, 7) is 4.62. The van der Waals surface area contributed by atoms with Gasteiger partial charge in [-0.1, -0.05) is 0 Å². The number of ether oxygens (including phenoxy) is 1. The van der Waals surface area contributed by atoms with Crippen LogP contribution in [-0.2, 0) is 0 Å². The topological polar surface area (TPSA) is 47.3 Å². The van der Waals surface area contributed by atoms with E-state index in [9.17, 15) is 4.39 Å². The van der Waals surface area contributed by atoms with Crippen LogP contribution in [0.3, 0.4) is 0 Å². The van der Waals surface area contributed by atoms with Crippen LogP contribution in [0.5, 0.6) is 5.75 Å². The van der Waals surface area contributed by atoms with Gasteiger partial charge in [0.1, 0.15) is 11.6 Å². The molecule has 3 N–H and O–H groups in total. The third-order valence-corrected chi connectivity index (χ3v) is 2.40. The molecule has 16 heavy (non-hydrogen) atoms. The molecule has 0 saturated heterocycles. The lowest BCUT2D eigenvalue weighted by Gasteiger charge is -2.28. The number of nitrogens with two attached hydrogens (primary N) is 1. The number of benzene rings is 1. The van der Waals surface area contributed by atoms with Crippen molar-refractivity contribution in [1.82, 2.24) is 0 Å². The van der Waals surface area contributed by atoms with Crippen molar-refractivity contribution in [3.8, 4) is 5.75 Å². The van der Waals surface area contributed by atoms with Gasteiger partial charge in [-0.25, -0.2) is 4.39 Å². The predicted molar refractivity (Wildman–Crippen MR) is 64.3 cm³/mol. The van der Waals surface area contributed by atoms with Crippen molar-refractivity contribution >= 4 is 5.69 Å². The molecule has 0 spiro atoms. The standard InChI is InChI=1S/C12H19FN2O/c1-12(2,6-7-14)15-10-8-9(13)4-5-11(10)16-3/h4-5,8,15H,6-7,14H2,1-3H3. The minimum absolute atomic E-state index is 0.185. The van der Waals surface area contributed by atoms with Gasteiger partial charge in [-0.3, -0.25) is 0 Å². The highest BCUT2D eigenvalue weighted by Crippen LogP contribution is 2.28. The summed E-state index contributed by atoms with van der Waals surface area (Å²) in [7, 11) is 1.56. The molecule has 1 aromatic carbocycles. The molecule has 0 radical (unpaired) electrons. The summed E-state index contributed by atoms with van der Waals surface area (Å²) < 4.78 is 18.3. The second-order valence-electron chi connectivity index (χ2n) is 4.39. The Hall–Kier alpha value is -1.29. The maximum absolute atomic E-state index is 13.1. The Kier molecular flexibility index (Phi) is 4.12. The molecule has 0 aliphatic heterocycles. The van der Waals surface area contributed by atoms with E-state index in [2.05, 4.69) is 5.32 Å². The molecule has 90 valence electrons. The van der Waals surface area contributed by atoms with Crippen LogP contribution in [0.15, 0.2) is 18.2 Å². The van der Waals surface area contributed by atoms with Crippen LogP contribution >= 0.6 is 0 Å². The highest BCUT2D eigenvalue weighted by atomic mass is 19.1. The van der Waals surface area contributed by atoms with Crippen molar-refractivity contribution < 1.29 is 9.13 Å². The van der Waals surface area contributed by atoms with E-state index in [4.69, 9.17) is 10.5 Å². The lowest BCUT2D eigenvalue weighted by Crippen LogP contribution is -2.33. The fraction of sp³-hybridized carbons (Fsp3) is 0.500. The molecular weight excluding hydrogens is 207 g/mol. The van der Waals surface area contributed by atoms with Gasteiger partial charge in [0.25, 0.3) is 0 Å². The highest BCUT2D eigenvalue weighted by molar-refractivity contribution is 5.57. The van der Waals surface area contributed by atoms with Gasteiger partial charge in [0.15, 0.2) is 0 Å². The molecule has 0 amide bonds. The van der Waals surface area contributed by atoms with Gasteiger partial charge in [0.2, 0.25) is 0 Å². The maximum Gasteiger partial charge on any atom is 0.142 e. The number of methoxy groups -OCH3 is 1. The van der Waals surface area contributed by atoms with Gasteiger partial charge in [-0.15, -0.1) is 0 Å². The van der Waals surface area contributed by atoms with Gasteiger partial charge in [-0.05, 0) is 38.9 Å². The minimum Gasteiger partial charge on any atom is -0.495 e. The first-order valence-electron chi connectivity index (χ1n) is 5.30. The fourth-order valence-corrected chi connectivity index (χ4v) is 1.57. The van der Waals surface area contributed by atoms with Gasteiger partial charge in [-0.2, -0.15) is 0 Å². The Balaban J connectivity index is 2.90. The van der Waals surface area contributed by atoms with Crippen LogP contribution in [-0.4, -0.2) is 19.2 Å². The second kappa shape index (κ2) is 5.16. The van der Waals surface area contributed by atoms with Crippen LogP contribution in [0.25, 0.3) is 0 Å². The Labute approximate surface area is 95.8 Å². The zero-order valence-electron chi connectivity index (χ0n) is 10.0. The average molecular weight is 226 g/mol. The van der Waals surface area contributed by atoms with Gasteiger partial charge >= 0.3 is 0 Å². The lowest BCUT2D eigenvalue weighted by atomic mass is 10.0. The summed E-state index contributed by atoms with van der Waals surface area (Å²) in [5.41, 5.74) is 5.99. The summed E-state index contributed by atoms with van der Waals surface area (Å²) in [6, 6.07) is 4.41. The van der Waals surface area contributed by atoms with E-state index < -0.39 is 0 Å². The Morgan fingerprint density at radius 3 is 2.69 bits per heavy atom. The first-order valence-corrected chi connectivity index (χ1v) is 5.30. The SMILES string of the molecule is COc1ccc(F)cc1NC(C)(C)CCN. The number of hydrogen-bond acceptors (Lipinski definition) is 3. The second-order valence-corrected chi connectivity index (χ2v) is 4.39. The van der Waals surface area contributed by atoms with Crippen molar-refractivity contribution in [2.45, 2.75) is 25.8 Å². The first kappa shape index (κ1) is 12.8. The Morgan fingerprint density at radius 1 is 1.44 bits per heavy atom. The van der Waals surface area contributed by atoms with E-state index in [1.165, 1.54) is 12.1 Å². The highest BCUT2D eigenvalue weighted by Gasteiger charge is 2.18. The molecule has 0 aliphatic rings. The fourth-order valence-electron chi connectivity index (χ4n) is 1.57. The van der Waals surface area contributed by atoms with E-state index >= 15 is 0 Å². The smallest absolute Gasteiger partial charge is 0.142 e. The predicted octanol–water partition coefficient (Wildman–Crippen LogP) is 2.37.